The zero-order valence-corrected chi connectivity index (χ0v) is 17.7. The van der Waals surface area contributed by atoms with Gasteiger partial charge < -0.3 is 14.2 Å². The maximum Gasteiger partial charge on any atom is 0.343 e. The van der Waals surface area contributed by atoms with E-state index in [4.69, 9.17) is 25.8 Å². The Balaban J connectivity index is 1.55. The van der Waals surface area contributed by atoms with Gasteiger partial charge in [-0.05, 0) is 73.5 Å². The predicted octanol–water partition coefficient (Wildman–Crippen LogP) is 5.88. The van der Waals surface area contributed by atoms with E-state index in [2.05, 4.69) is 0 Å². The van der Waals surface area contributed by atoms with E-state index in [1.807, 2.05) is 31.2 Å². The molecular weight excluding hydrogens is 416 g/mol. The molecule has 0 unspecified atom stereocenters. The highest BCUT2D eigenvalue weighted by Crippen LogP contribution is 2.37. The number of esters is 1. The Morgan fingerprint density at radius 1 is 1.03 bits per heavy atom. The molecule has 0 saturated heterocycles. The number of benzene rings is 3. The third-order valence-electron chi connectivity index (χ3n) is 4.72. The molecule has 0 amide bonds. The highest BCUT2D eigenvalue weighted by atomic mass is 35.5. The molecule has 0 bridgehead atoms. The first-order valence-electron chi connectivity index (χ1n) is 9.74. The van der Waals surface area contributed by atoms with Crippen LogP contribution in [-0.4, -0.2) is 18.4 Å². The molecule has 0 fully saturated rings. The number of hydrogen-bond donors (Lipinski definition) is 0. The van der Waals surface area contributed by atoms with Crippen molar-refractivity contribution in [1.82, 2.24) is 0 Å². The van der Waals surface area contributed by atoms with E-state index in [1.165, 1.54) is 0 Å². The Bertz CT molecular complexity index is 1180. The molecule has 0 aromatic heterocycles. The second-order valence-corrected chi connectivity index (χ2v) is 7.39. The monoisotopic (exact) mass is 434 g/mol. The van der Waals surface area contributed by atoms with Crippen molar-refractivity contribution in [3.63, 3.8) is 0 Å². The fraction of sp³-hybridized carbons (Fsp3) is 0.120. The molecule has 1 aliphatic heterocycles. The number of carbonyl (C=O) groups excluding carboxylic acids is 2. The average molecular weight is 435 g/mol. The summed E-state index contributed by atoms with van der Waals surface area (Å²) in [5.41, 5.74) is 2.31. The van der Waals surface area contributed by atoms with Crippen molar-refractivity contribution in [3.05, 3.63) is 93.7 Å². The molecule has 31 heavy (non-hydrogen) atoms. The average Bonchev–Trinajstić information content (AvgIpc) is 3.05. The summed E-state index contributed by atoms with van der Waals surface area (Å²) in [4.78, 5) is 25.2. The van der Waals surface area contributed by atoms with Gasteiger partial charge in [-0.25, -0.2) is 4.79 Å². The lowest BCUT2D eigenvalue weighted by Gasteiger charge is -2.08. The molecule has 0 spiro atoms. The number of rotatable bonds is 5. The molecule has 3 aromatic rings. The third-order valence-corrected chi connectivity index (χ3v) is 4.97. The summed E-state index contributed by atoms with van der Waals surface area (Å²) in [5.74, 6) is 0.896. The Hall–Kier alpha value is -3.57. The zero-order chi connectivity index (χ0) is 22.0. The first-order chi connectivity index (χ1) is 14.9. The molecule has 4 rings (SSSR count). The largest absolute Gasteiger partial charge is 0.494 e. The lowest BCUT2D eigenvalue weighted by Crippen LogP contribution is -2.08. The minimum absolute atomic E-state index is 0.211. The summed E-state index contributed by atoms with van der Waals surface area (Å²) in [5, 5.41) is 0.531. The van der Waals surface area contributed by atoms with E-state index in [0.29, 0.717) is 39.8 Å². The van der Waals surface area contributed by atoms with Gasteiger partial charge in [-0.2, -0.15) is 0 Å². The van der Waals surface area contributed by atoms with Crippen molar-refractivity contribution in [1.29, 1.82) is 0 Å². The molecule has 0 atom stereocenters. The van der Waals surface area contributed by atoms with Gasteiger partial charge in [0.05, 0.1) is 17.7 Å². The number of carbonyl (C=O) groups is 2. The zero-order valence-electron chi connectivity index (χ0n) is 17.0. The van der Waals surface area contributed by atoms with Crippen LogP contribution in [0, 0.1) is 6.92 Å². The maximum atomic E-state index is 12.8. The van der Waals surface area contributed by atoms with Crippen molar-refractivity contribution < 1.29 is 23.8 Å². The Morgan fingerprint density at radius 2 is 1.74 bits per heavy atom. The van der Waals surface area contributed by atoms with Gasteiger partial charge >= 0.3 is 5.97 Å². The second-order valence-electron chi connectivity index (χ2n) is 6.95. The Labute approximate surface area is 184 Å². The van der Waals surface area contributed by atoms with Crippen LogP contribution in [-0.2, 0) is 0 Å². The molecule has 1 heterocycles. The van der Waals surface area contributed by atoms with Crippen LogP contribution in [0.15, 0.2) is 66.4 Å². The van der Waals surface area contributed by atoms with Gasteiger partial charge in [-0.3, -0.25) is 4.79 Å². The molecule has 3 aromatic carbocycles. The van der Waals surface area contributed by atoms with Crippen LogP contribution in [0.4, 0.5) is 0 Å². The number of hydrogen-bond acceptors (Lipinski definition) is 5. The van der Waals surface area contributed by atoms with Crippen LogP contribution in [0.1, 0.15) is 38.8 Å². The lowest BCUT2D eigenvalue weighted by molar-refractivity contribution is 0.0734. The highest BCUT2D eigenvalue weighted by molar-refractivity contribution is 6.30. The van der Waals surface area contributed by atoms with Crippen molar-refractivity contribution in [2.45, 2.75) is 13.8 Å². The van der Waals surface area contributed by atoms with Crippen molar-refractivity contribution >= 4 is 29.4 Å². The summed E-state index contributed by atoms with van der Waals surface area (Å²) in [6.07, 6.45) is 1.68. The van der Waals surface area contributed by atoms with Crippen LogP contribution in [0.3, 0.4) is 0 Å². The molecule has 1 aliphatic rings. The van der Waals surface area contributed by atoms with Crippen LogP contribution < -0.4 is 14.2 Å². The van der Waals surface area contributed by atoms with Gasteiger partial charge in [0.1, 0.15) is 17.2 Å². The summed E-state index contributed by atoms with van der Waals surface area (Å²) < 4.78 is 16.7. The number of fused-ring (bicyclic) bond motifs is 1. The van der Waals surface area contributed by atoms with Crippen LogP contribution in [0.2, 0.25) is 5.02 Å². The van der Waals surface area contributed by atoms with Crippen LogP contribution in [0.25, 0.3) is 6.08 Å². The van der Waals surface area contributed by atoms with Gasteiger partial charge in [0.2, 0.25) is 5.78 Å². The first kappa shape index (κ1) is 20.7. The number of aryl methyl sites for hydroxylation is 1. The number of allylic oxidation sites excluding steroid dienone is 1. The van der Waals surface area contributed by atoms with E-state index in [1.54, 1.807) is 49.4 Å². The predicted molar refractivity (Wildman–Crippen MR) is 118 cm³/mol. The van der Waals surface area contributed by atoms with Crippen molar-refractivity contribution in [2.75, 3.05) is 6.61 Å². The maximum absolute atomic E-state index is 12.8. The van der Waals surface area contributed by atoms with Gasteiger partial charge in [0, 0.05) is 11.1 Å². The molecule has 6 heteroatoms. The molecule has 0 N–H and O–H groups in total. The van der Waals surface area contributed by atoms with Gasteiger partial charge in [-0.15, -0.1) is 0 Å². The summed E-state index contributed by atoms with van der Waals surface area (Å²) >= 11 is 5.86. The minimum Gasteiger partial charge on any atom is -0.494 e. The van der Waals surface area contributed by atoms with Crippen molar-refractivity contribution in [3.8, 4) is 17.2 Å². The fourth-order valence-electron chi connectivity index (χ4n) is 3.27. The molecule has 156 valence electrons. The topological polar surface area (TPSA) is 61.8 Å². The fourth-order valence-corrected chi connectivity index (χ4v) is 3.39. The Morgan fingerprint density at radius 3 is 2.42 bits per heavy atom. The van der Waals surface area contributed by atoms with E-state index < -0.39 is 5.97 Å². The standard InChI is InChI=1S/C25H19ClO5/c1-3-29-19-10-4-16(5-11-19)13-22-24(27)23-15(2)12-20(14-21(23)31-22)30-25(28)17-6-8-18(26)9-7-17/h4-14H,3H2,1-2H3/b22-13-. The van der Waals surface area contributed by atoms with Crippen molar-refractivity contribution in [2.24, 2.45) is 0 Å². The van der Waals surface area contributed by atoms with Gasteiger partial charge in [-0.1, -0.05) is 23.7 Å². The number of ether oxygens (including phenoxy) is 3. The van der Waals surface area contributed by atoms with Crippen LogP contribution in [0.5, 0.6) is 17.2 Å². The SMILES string of the molecule is CCOc1ccc(/C=C2\Oc3cc(OC(=O)c4ccc(Cl)cc4)cc(C)c3C2=O)cc1. The van der Waals surface area contributed by atoms with Gasteiger partial charge in [0.25, 0.3) is 0 Å². The Kier molecular flexibility index (Phi) is 5.78. The van der Waals surface area contributed by atoms with E-state index in [0.717, 1.165) is 11.3 Å². The number of Topliss-reactive ketones (excluding diaryl/α,β-unsaturated/α-hetero) is 1. The van der Waals surface area contributed by atoms with Crippen LogP contribution >= 0.6 is 11.6 Å². The molecule has 0 radical (unpaired) electrons. The van der Waals surface area contributed by atoms with E-state index in [9.17, 15) is 9.59 Å². The molecule has 0 saturated carbocycles. The summed E-state index contributed by atoms with van der Waals surface area (Å²) in [6.45, 7) is 4.28. The van der Waals surface area contributed by atoms with E-state index in [-0.39, 0.29) is 11.5 Å². The van der Waals surface area contributed by atoms with E-state index >= 15 is 0 Å². The molecule has 0 aliphatic carbocycles. The highest BCUT2D eigenvalue weighted by Gasteiger charge is 2.30. The first-order valence-corrected chi connectivity index (χ1v) is 10.1. The molecular formula is C25H19ClO5. The lowest BCUT2D eigenvalue weighted by atomic mass is 10.0. The summed E-state index contributed by atoms with van der Waals surface area (Å²) in [6, 6.07) is 17.0. The number of halogens is 1. The molecule has 5 nitrogen and oxygen atoms in total. The quantitative estimate of drug-likeness (QED) is 0.285. The number of ketones is 1. The smallest absolute Gasteiger partial charge is 0.343 e. The normalized spacial score (nSPS) is 13.6. The van der Waals surface area contributed by atoms with Gasteiger partial charge in [0.15, 0.2) is 5.76 Å². The second kappa shape index (κ2) is 8.66. The minimum atomic E-state index is -0.523. The third kappa shape index (κ3) is 4.47. The summed E-state index contributed by atoms with van der Waals surface area (Å²) in [7, 11) is 0.